The zero-order chi connectivity index (χ0) is 14.3. The molecule has 2 nitrogen and oxygen atoms in total. The molecule has 0 heterocycles. The van der Waals surface area contributed by atoms with E-state index in [0.717, 1.165) is 5.92 Å². The Morgan fingerprint density at radius 1 is 0.737 bits per heavy atom. The summed E-state index contributed by atoms with van der Waals surface area (Å²) in [5, 5.41) is 0. The molecule has 116 valence electrons. The van der Waals surface area contributed by atoms with E-state index in [1.807, 2.05) is 0 Å². The molecule has 0 bridgehead atoms. The summed E-state index contributed by atoms with van der Waals surface area (Å²) < 4.78 is 0. The summed E-state index contributed by atoms with van der Waals surface area (Å²) in [6.07, 6.45) is 16.3. The molecule has 0 saturated carbocycles. The number of hydrogen-bond donors (Lipinski definition) is 2. The molecule has 0 spiro atoms. The van der Waals surface area contributed by atoms with E-state index >= 15 is 0 Å². The van der Waals surface area contributed by atoms with Crippen molar-refractivity contribution in [3.05, 3.63) is 0 Å². The first-order chi connectivity index (χ1) is 9.26. The van der Waals surface area contributed by atoms with Gasteiger partial charge < -0.3 is 0 Å². The average Bonchev–Trinajstić information content (AvgIpc) is 2.43. The van der Waals surface area contributed by atoms with Crippen molar-refractivity contribution in [2.45, 2.75) is 104 Å². The van der Waals surface area contributed by atoms with Gasteiger partial charge in [-0.05, 0) is 18.8 Å². The van der Waals surface area contributed by atoms with Crippen molar-refractivity contribution < 1.29 is 0 Å². The Bertz CT molecular complexity index is 171. The van der Waals surface area contributed by atoms with Crippen molar-refractivity contribution in [3.8, 4) is 0 Å². The van der Waals surface area contributed by atoms with Gasteiger partial charge in [-0.15, -0.1) is 0 Å². The van der Waals surface area contributed by atoms with Crippen molar-refractivity contribution in [2.24, 2.45) is 11.8 Å². The van der Waals surface area contributed by atoms with Crippen molar-refractivity contribution in [1.82, 2.24) is 5.43 Å². The highest BCUT2D eigenvalue weighted by molar-refractivity contribution is 4.71. The van der Waals surface area contributed by atoms with Gasteiger partial charge in [-0.3, -0.25) is 11.3 Å². The van der Waals surface area contributed by atoms with Gasteiger partial charge in [0.05, 0.1) is 0 Å². The molecule has 19 heavy (non-hydrogen) atoms. The number of hydrogen-bond acceptors (Lipinski definition) is 2. The number of unbranched alkanes of at least 4 members (excludes halogenated alkanes) is 8. The molecule has 2 unspecified atom stereocenters. The highest BCUT2D eigenvalue weighted by atomic mass is 15.2. The fourth-order valence-electron chi connectivity index (χ4n) is 2.76. The normalized spacial score (nSPS) is 14.5. The van der Waals surface area contributed by atoms with E-state index in [0.29, 0.717) is 6.04 Å². The van der Waals surface area contributed by atoms with Gasteiger partial charge >= 0.3 is 0 Å². The molecule has 0 amide bonds. The predicted molar refractivity (Wildman–Crippen MR) is 87.0 cm³/mol. The maximum Gasteiger partial charge on any atom is 0.0236 e. The van der Waals surface area contributed by atoms with Crippen LogP contribution in [0.3, 0.4) is 0 Å². The summed E-state index contributed by atoms with van der Waals surface area (Å²) in [4.78, 5) is 0. The van der Waals surface area contributed by atoms with Gasteiger partial charge in [-0.1, -0.05) is 85.0 Å². The second kappa shape index (κ2) is 14.3. The van der Waals surface area contributed by atoms with Crippen LogP contribution in [0.2, 0.25) is 0 Å². The number of rotatable bonds is 14. The van der Waals surface area contributed by atoms with Crippen LogP contribution in [0.15, 0.2) is 0 Å². The van der Waals surface area contributed by atoms with Crippen LogP contribution in [0.25, 0.3) is 0 Å². The first kappa shape index (κ1) is 18.9. The van der Waals surface area contributed by atoms with Gasteiger partial charge in [0, 0.05) is 6.04 Å². The van der Waals surface area contributed by atoms with Crippen LogP contribution in [0.4, 0.5) is 0 Å². The molecule has 2 heteroatoms. The van der Waals surface area contributed by atoms with Crippen LogP contribution < -0.4 is 11.3 Å². The molecule has 0 fully saturated rings. The summed E-state index contributed by atoms with van der Waals surface area (Å²) in [6, 6.07) is 0.520. The smallest absolute Gasteiger partial charge is 0.0236 e. The Hall–Kier alpha value is -0.0800. The molecule has 0 aromatic rings. The maximum atomic E-state index is 5.69. The number of nitrogens with two attached hydrogens (primary N) is 1. The molecular formula is C17H38N2. The second-order valence-corrected chi connectivity index (χ2v) is 6.16. The van der Waals surface area contributed by atoms with E-state index in [1.54, 1.807) is 0 Å². The second-order valence-electron chi connectivity index (χ2n) is 6.16. The number of hydrazine groups is 1. The van der Waals surface area contributed by atoms with E-state index in [2.05, 4.69) is 26.2 Å². The average molecular weight is 271 g/mol. The molecule has 0 aliphatic heterocycles. The summed E-state index contributed by atoms with van der Waals surface area (Å²) in [5.74, 6) is 6.41. The van der Waals surface area contributed by atoms with Crippen LogP contribution in [-0.4, -0.2) is 6.04 Å². The van der Waals surface area contributed by atoms with E-state index in [-0.39, 0.29) is 0 Å². The molecule has 0 radical (unpaired) electrons. The van der Waals surface area contributed by atoms with Gasteiger partial charge in [-0.25, -0.2) is 0 Å². The van der Waals surface area contributed by atoms with E-state index in [9.17, 15) is 0 Å². The molecule has 0 aromatic heterocycles. The van der Waals surface area contributed by atoms with E-state index in [4.69, 9.17) is 5.84 Å². The van der Waals surface area contributed by atoms with Crippen LogP contribution in [0.1, 0.15) is 97.8 Å². The standard InChI is InChI=1S/C17H38N2/c1-4-6-8-9-10-11-12-13-15-17(19-18)16(3)14-7-5-2/h16-17,19H,4-15,18H2,1-3H3. The highest BCUT2D eigenvalue weighted by Gasteiger charge is 2.14. The van der Waals surface area contributed by atoms with Gasteiger partial charge in [0.2, 0.25) is 0 Å². The van der Waals surface area contributed by atoms with Gasteiger partial charge in [0.1, 0.15) is 0 Å². The van der Waals surface area contributed by atoms with Crippen molar-refractivity contribution in [1.29, 1.82) is 0 Å². The minimum atomic E-state index is 0.520. The van der Waals surface area contributed by atoms with E-state index < -0.39 is 0 Å². The highest BCUT2D eigenvalue weighted by Crippen LogP contribution is 2.17. The lowest BCUT2D eigenvalue weighted by Crippen LogP contribution is -2.39. The Kier molecular flexibility index (Phi) is 14.3. The minimum Gasteiger partial charge on any atom is -0.271 e. The Balaban J connectivity index is 3.45. The summed E-state index contributed by atoms with van der Waals surface area (Å²) in [7, 11) is 0. The summed E-state index contributed by atoms with van der Waals surface area (Å²) >= 11 is 0. The molecule has 0 aliphatic carbocycles. The molecule has 3 N–H and O–H groups in total. The third kappa shape index (κ3) is 11.4. The maximum absolute atomic E-state index is 5.69. The first-order valence-electron chi connectivity index (χ1n) is 8.72. The topological polar surface area (TPSA) is 38.0 Å². The summed E-state index contributed by atoms with van der Waals surface area (Å²) in [6.45, 7) is 6.88. The molecule has 0 aromatic carbocycles. The van der Waals surface area contributed by atoms with Crippen molar-refractivity contribution in [2.75, 3.05) is 0 Å². The lowest BCUT2D eigenvalue weighted by molar-refractivity contribution is 0.327. The Morgan fingerprint density at radius 2 is 1.26 bits per heavy atom. The lowest BCUT2D eigenvalue weighted by atomic mass is 9.92. The van der Waals surface area contributed by atoms with Gasteiger partial charge in [0.15, 0.2) is 0 Å². The Labute approximate surface area is 121 Å². The zero-order valence-corrected chi connectivity index (χ0v) is 13.7. The molecule has 0 aliphatic rings. The van der Waals surface area contributed by atoms with Crippen LogP contribution in [0.5, 0.6) is 0 Å². The quantitative estimate of drug-likeness (QED) is 0.259. The SMILES string of the molecule is CCCCCCCCCCC(NN)C(C)CCCC. The summed E-state index contributed by atoms with van der Waals surface area (Å²) in [5.41, 5.74) is 3.03. The van der Waals surface area contributed by atoms with E-state index in [1.165, 1.54) is 77.0 Å². The van der Waals surface area contributed by atoms with Crippen LogP contribution in [-0.2, 0) is 0 Å². The fourth-order valence-corrected chi connectivity index (χ4v) is 2.76. The van der Waals surface area contributed by atoms with Gasteiger partial charge in [0.25, 0.3) is 0 Å². The largest absolute Gasteiger partial charge is 0.271 e. The zero-order valence-electron chi connectivity index (χ0n) is 13.7. The predicted octanol–water partition coefficient (Wildman–Crippen LogP) is 5.18. The third-order valence-corrected chi connectivity index (χ3v) is 4.28. The molecular weight excluding hydrogens is 232 g/mol. The monoisotopic (exact) mass is 270 g/mol. The van der Waals surface area contributed by atoms with Crippen molar-refractivity contribution in [3.63, 3.8) is 0 Å². The minimum absolute atomic E-state index is 0.520. The van der Waals surface area contributed by atoms with Crippen LogP contribution in [0, 0.1) is 5.92 Å². The third-order valence-electron chi connectivity index (χ3n) is 4.28. The van der Waals surface area contributed by atoms with Crippen LogP contribution >= 0.6 is 0 Å². The lowest BCUT2D eigenvalue weighted by Gasteiger charge is -2.23. The Morgan fingerprint density at radius 3 is 1.79 bits per heavy atom. The fraction of sp³-hybridized carbons (Fsp3) is 1.00. The molecule has 0 saturated heterocycles. The van der Waals surface area contributed by atoms with Crippen molar-refractivity contribution >= 4 is 0 Å². The molecule has 2 atom stereocenters. The first-order valence-corrected chi connectivity index (χ1v) is 8.72. The van der Waals surface area contributed by atoms with Gasteiger partial charge in [-0.2, -0.15) is 0 Å². The number of nitrogens with one attached hydrogen (secondary N) is 1. The molecule has 0 rings (SSSR count).